The third kappa shape index (κ3) is 3.16. The van der Waals surface area contributed by atoms with Gasteiger partial charge in [0.25, 0.3) is 0 Å². The molecule has 0 atom stereocenters. The Hall–Kier alpha value is -2.15. The molecule has 2 rings (SSSR count). The lowest BCUT2D eigenvalue weighted by Crippen LogP contribution is -2.50. The van der Waals surface area contributed by atoms with Crippen molar-refractivity contribution in [2.24, 2.45) is 0 Å². The van der Waals surface area contributed by atoms with Gasteiger partial charge in [-0.05, 0) is 28.1 Å². The van der Waals surface area contributed by atoms with E-state index < -0.39 is 50.6 Å². The fraction of sp³-hybridized carbons (Fsp3) is 0.188. The van der Waals surface area contributed by atoms with E-state index in [1.165, 1.54) is 6.07 Å². The molecule has 1 radical (unpaired) electrons. The van der Waals surface area contributed by atoms with Crippen LogP contribution in [-0.2, 0) is 5.67 Å². The molecule has 0 aliphatic rings. The standard InChI is InChI=1S/C16H5BrF8N/c17-11-6-8(7-26)5-10(13(11)9-3-1-2-4-12(9)18)14(19,15(20,21)22)16(23,24)25/h1-5H. The summed E-state index contributed by atoms with van der Waals surface area (Å²) in [7, 11) is 0. The molecule has 0 aliphatic carbocycles. The van der Waals surface area contributed by atoms with Crippen molar-refractivity contribution >= 4 is 15.9 Å². The van der Waals surface area contributed by atoms with Crippen molar-refractivity contribution in [2.75, 3.05) is 0 Å². The molecule has 137 valence electrons. The second kappa shape index (κ2) is 6.54. The number of nitrogens with zero attached hydrogens (tertiary/aromatic N) is 1. The van der Waals surface area contributed by atoms with Crippen molar-refractivity contribution in [2.45, 2.75) is 18.0 Å². The predicted molar refractivity (Wildman–Crippen MR) is 78.0 cm³/mol. The molecule has 0 saturated heterocycles. The first-order valence-electron chi connectivity index (χ1n) is 6.58. The van der Waals surface area contributed by atoms with E-state index in [1.807, 2.05) is 0 Å². The van der Waals surface area contributed by atoms with Crippen LogP contribution < -0.4 is 0 Å². The summed E-state index contributed by atoms with van der Waals surface area (Å²) in [6.45, 7) is 0. The minimum Gasteiger partial charge on any atom is -0.218 e. The first-order chi connectivity index (χ1) is 11.8. The van der Waals surface area contributed by atoms with Gasteiger partial charge in [0.1, 0.15) is 5.82 Å². The summed E-state index contributed by atoms with van der Waals surface area (Å²) in [6, 6.07) is 7.47. The average Bonchev–Trinajstić information content (AvgIpc) is 2.52. The van der Waals surface area contributed by atoms with E-state index in [4.69, 9.17) is 5.26 Å². The van der Waals surface area contributed by atoms with E-state index in [2.05, 4.69) is 22.0 Å². The molecule has 10 heteroatoms. The Bertz CT molecular complexity index is 865. The summed E-state index contributed by atoms with van der Waals surface area (Å²) in [6.07, 6.45) is -12.8. The molecule has 0 aromatic heterocycles. The van der Waals surface area contributed by atoms with Crippen molar-refractivity contribution in [1.29, 1.82) is 5.26 Å². The maximum atomic E-state index is 14.6. The van der Waals surface area contributed by atoms with Crippen LogP contribution in [0.4, 0.5) is 35.1 Å². The summed E-state index contributed by atoms with van der Waals surface area (Å²) >= 11 is 2.66. The highest BCUT2D eigenvalue weighted by atomic mass is 79.9. The Morgan fingerprint density at radius 3 is 1.96 bits per heavy atom. The molecule has 0 bridgehead atoms. The molecule has 0 spiro atoms. The maximum absolute atomic E-state index is 14.6. The topological polar surface area (TPSA) is 23.8 Å². The summed E-state index contributed by atoms with van der Waals surface area (Å²) in [5, 5.41) is 8.81. The zero-order valence-corrected chi connectivity index (χ0v) is 13.8. The van der Waals surface area contributed by atoms with Gasteiger partial charge in [0, 0.05) is 27.2 Å². The first-order valence-corrected chi connectivity index (χ1v) is 7.37. The molecule has 2 aromatic carbocycles. The number of halogens is 9. The van der Waals surface area contributed by atoms with Crippen LogP contribution in [0.2, 0.25) is 0 Å². The van der Waals surface area contributed by atoms with Gasteiger partial charge in [-0.15, -0.1) is 0 Å². The molecule has 0 heterocycles. The molecule has 2 aromatic rings. The van der Waals surface area contributed by atoms with Gasteiger partial charge in [0.05, 0.1) is 11.6 Å². The molecule has 0 aliphatic heterocycles. The predicted octanol–water partition coefficient (Wildman–Crippen LogP) is 6.22. The molecular formula is C16H5BrF8N. The van der Waals surface area contributed by atoms with E-state index in [-0.39, 0.29) is 6.07 Å². The number of benzene rings is 2. The van der Waals surface area contributed by atoms with Crippen LogP contribution in [0.25, 0.3) is 11.1 Å². The third-order valence-electron chi connectivity index (χ3n) is 3.44. The lowest BCUT2D eigenvalue weighted by molar-refractivity contribution is -0.348. The van der Waals surface area contributed by atoms with Gasteiger partial charge in [-0.3, -0.25) is 0 Å². The van der Waals surface area contributed by atoms with Crippen LogP contribution in [0.1, 0.15) is 11.1 Å². The number of alkyl halides is 7. The summed E-state index contributed by atoms with van der Waals surface area (Å²) in [4.78, 5) is 0. The quantitative estimate of drug-likeness (QED) is 0.506. The Kier molecular flexibility index (Phi) is 5.07. The van der Waals surface area contributed by atoms with Gasteiger partial charge in [-0.1, -0.05) is 18.2 Å². The smallest absolute Gasteiger partial charge is 0.218 e. The summed E-state index contributed by atoms with van der Waals surface area (Å²) in [5.74, 6) is -1.18. The molecule has 26 heavy (non-hydrogen) atoms. The highest BCUT2D eigenvalue weighted by Crippen LogP contribution is 2.56. The lowest BCUT2D eigenvalue weighted by Gasteiger charge is -2.32. The summed E-state index contributed by atoms with van der Waals surface area (Å²) in [5.41, 5.74) is -10.3. The number of nitriles is 1. The second-order valence-corrected chi connectivity index (χ2v) is 5.82. The van der Waals surface area contributed by atoms with Crippen molar-refractivity contribution in [3.05, 3.63) is 57.8 Å². The first kappa shape index (κ1) is 20.2. The van der Waals surface area contributed by atoms with Gasteiger partial charge in [-0.2, -0.15) is 31.6 Å². The van der Waals surface area contributed by atoms with E-state index in [1.54, 1.807) is 0 Å². The van der Waals surface area contributed by atoms with Crippen LogP contribution in [0.15, 0.2) is 34.8 Å². The van der Waals surface area contributed by atoms with Crippen LogP contribution in [0.5, 0.6) is 0 Å². The van der Waals surface area contributed by atoms with Crippen LogP contribution in [0.3, 0.4) is 0 Å². The SMILES string of the molecule is N#Cc1[c]c(Br)c(-c2ccccc2F)c(C(F)(C(F)(F)F)C(F)(F)F)c1. The Labute approximate surface area is 150 Å². The zero-order chi connectivity index (χ0) is 19.9. The minimum absolute atomic E-state index is 0.0630. The highest BCUT2D eigenvalue weighted by Gasteiger charge is 2.74. The molecule has 0 saturated carbocycles. The third-order valence-corrected chi connectivity index (χ3v) is 4.03. The summed E-state index contributed by atoms with van der Waals surface area (Å²) < 4.78 is 107. The molecule has 0 unspecified atom stereocenters. The average molecular weight is 443 g/mol. The minimum atomic E-state index is -6.42. The van der Waals surface area contributed by atoms with Crippen LogP contribution in [-0.4, -0.2) is 12.4 Å². The van der Waals surface area contributed by atoms with Gasteiger partial charge < -0.3 is 0 Å². The van der Waals surface area contributed by atoms with Gasteiger partial charge in [0.15, 0.2) is 0 Å². The molecule has 0 amide bonds. The Morgan fingerprint density at radius 2 is 1.50 bits per heavy atom. The van der Waals surface area contributed by atoms with Crippen LogP contribution >= 0.6 is 15.9 Å². The van der Waals surface area contributed by atoms with Crippen molar-refractivity contribution < 1.29 is 35.1 Å². The monoisotopic (exact) mass is 442 g/mol. The number of hydrogen-bond donors (Lipinski definition) is 0. The maximum Gasteiger partial charge on any atom is 0.435 e. The van der Waals surface area contributed by atoms with Crippen molar-refractivity contribution in [1.82, 2.24) is 0 Å². The second-order valence-electron chi connectivity index (χ2n) is 5.03. The molecule has 1 nitrogen and oxygen atoms in total. The Balaban J connectivity index is 3.02. The van der Waals surface area contributed by atoms with E-state index in [0.717, 1.165) is 24.3 Å². The fourth-order valence-corrected chi connectivity index (χ4v) is 2.92. The molecule has 0 fully saturated rings. The van der Waals surface area contributed by atoms with Crippen molar-refractivity contribution in [3.63, 3.8) is 0 Å². The molecular weight excluding hydrogens is 438 g/mol. The highest BCUT2D eigenvalue weighted by molar-refractivity contribution is 9.10. The van der Waals surface area contributed by atoms with E-state index >= 15 is 0 Å². The normalized spacial score (nSPS) is 12.8. The van der Waals surface area contributed by atoms with Gasteiger partial charge >= 0.3 is 18.0 Å². The lowest BCUT2D eigenvalue weighted by atomic mass is 9.85. The van der Waals surface area contributed by atoms with E-state index in [0.29, 0.717) is 0 Å². The molecule has 0 N–H and O–H groups in total. The number of hydrogen-bond acceptors (Lipinski definition) is 1. The van der Waals surface area contributed by atoms with Gasteiger partial charge in [0.2, 0.25) is 0 Å². The zero-order valence-electron chi connectivity index (χ0n) is 12.2. The van der Waals surface area contributed by atoms with Gasteiger partial charge in [-0.25, -0.2) is 8.78 Å². The van der Waals surface area contributed by atoms with Crippen LogP contribution in [0, 0.1) is 23.2 Å². The van der Waals surface area contributed by atoms with E-state index in [9.17, 15) is 35.1 Å². The fourth-order valence-electron chi connectivity index (χ4n) is 2.28. The van der Waals surface area contributed by atoms with Crippen molar-refractivity contribution in [3.8, 4) is 17.2 Å². The Morgan fingerprint density at radius 1 is 0.962 bits per heavy atom. The number of rotatable bonds is 2. The largest absolute Gasteiger partial charge is 0.435 e.